The summed E-state index contributed by atoms with van der Waals surface area (Å²) in [5.41, 5.74) is 5.47. The number of nitrogens with one attached hydrogen (secondary N) is 1. The average Bonchev–Trinajstić information content (AvgIpc) is 2.31. The van der Waals surface area contributed by atoms with Crippen molar-refractivity contribution in [3.8, 4) is 0 Å². The molecular formula is C11H16BrN5. The Morgan fingerprint density at radius 3 is 2.41 bits per heavy atom. The largest absolute Gasteiger partial charge is 0.387 e. The first kappa shape index (κ1) is 12.3. The predicted molar refractivity (Wildman–Crippen MR) is 71.2 cm³/mol. The molecule has 92 valence electrons. The quantitative estimate of drug-likeness (QED) is 0.644. The molecule has 0 aromatic carbocycles. The lowest BCUT2D eigenvalue weighted by Gasteiger charge is -2.38. The van der Waals surface area contributed by atoms with Crippen LogP contribution in [-0.2, 0) is 0 Å². The van der Waals surface area contributed by atoms with Gasteiger partial charge >= 0.3 is 0 Å². The fraction of sp³-hybridized carbons (Fsp3) is 0.545. The minimum Gasteiger partial charge on any atom is -0.387 e. The molecule has 3 N–H and O–H groups in total. The molecule has 0 bridgehead atoms. The van der Waals surface area contributed by atoms with Crippen LogP contribution in [-0.4, -0.2) is 28.9 Å². The van der Waals surface area contributed by atoms with Gasteiger partial charge in [0, 0.05) is 30.9 Å². The summed E-state index contributed by atoms with van der Waals surface area (Å²) in [6.07, 6.45) is 5.26. The Bertz CT molecular complexity index is 408. The van der Waals surface area contributed by atoms with E-state index in [1.165, 1.54) is 0 Å². The highest BCUT2D eigenvalue weighted by atomic mass is 79.9. The highest BCUT2D eigenvalue weighted by Gasteiger charge is 2.33. The second-order valence-corrected chi connectivity index (χ2v) is 5.58. The van der Waals surface area contributed by atoms with Crippen molar-refractivity contribution in [3.05, 3.63) is 16.9 Å². The molecule has 17 heavy (non-hydrogen) atoms. The lowest BCUT2D eigenvalue weighted by atomic mass is 9.79. The molecule has 1 aromatic heterocycles. The third-order valence-electron chi connectivity index (χ3n) is 3.41. The van der Waals surface area contributed by atoms with Gasteiger partial charge in [0.05, 0.1) is 10.3 Å². The summed E-state index contributed by atoms with van der Waals surface area (Å²) in [6, 6.07) is 0. The van der Waals surface area contributed by atoms with Crippen LogP contribution in [0, 0.1) is 10.8 Å². The Labute approximate surface area is 109 Å². The highest BCUT2D eigenvalue weighted by molar-refractivity contribution is 9.10. The number of rotatable bonds is 2. The second-order valence-electron chi connectivity index (χ2n) is 4.66. The van der Waals surface area contributed by atoms with Crippen LogP contribution in [0.25, 0.3) is 0 Å². The fourth-order valence-corrected chi connectivity index (χ4v) is 2.14. The summed E-state index contributed by atoms with van der Waals surface area (Å²) in [5, 5.41) is 7.61. The Kier molecular flexibility index (Phi) is 3.33. The van der Waals surface area contributed by atoms with E-state index < -0.39 is 0 Å². The molecule has 1 saturated heterocycles. The molecule has 0 saturated carbocycles. The van der Waals surface area contributed by atoms with Crippen LogP contribution in [0.4, 0.5) is 5.95 Å². The molecule has 0 aliphatic carbocycles. The summed E-state index contributed by atoms with van der Waals surface area (Å²) in [6.45, 7) is 3.74. The molecule has 2 rings (SSSR count). The Balaban J connectivity index is 2.04. The van der Waals surface area contributed by atoms with E-state index in [1.54, 1.807) is 12.4 Å². The summed E-state index contributed by atoms with van der Waals surface area (Å²) in [7, 11) is 0. The van der Waals surface area contributed by atoms with Crippen molar-refractivity contribution in [1.82, 2.24) is 9.97 Å². The van der Waals surface area contributed by atoms with Crippen molar-refractivity contribution in [2.24, 2.45) is 11.1 Å². The topological polar surface area (TPSA) is 78.9 Å². The Hall–Kier alpha value is -1.17. The van der Waals surface area contributed by atoms with Gasteiger partial charge in [-0.05, 0) is 28.8 Å². The number of hydrogen-bond donors (Lipinski definition) is 2. The van der Waals surface area contributed by atoms with Gasteiger partial charge in [0.2, 0.25) is 5.95 Å². The summed E-state index contributed by atoms with van der Waals surface area (Å²) < 4.78 is 0.881. The molecule has 1 fully saturated rings. The number of anilines is 1. The van der Waals surface area contributed by atoms with Gasteiger partial charge in [-0.15, -0.1) is 0 Å². The molecule has 5 nitrogen and oxygen atoms in total. The highest BCUT2D eigenvalue weighted by Crippen LogP contribution is 2.31. The van der Waals surface area contributed by atoms with E-state index in [0.29, 0.717) is 0 Å². The number of nitrogens with two attached hydrogens (primary N) is 1. The minimum absolute atomic E-state index is 0.161. The Morgan fingerprint density at radius 1 is 1.41 bits per heavy atom. The van der Waals surface area contributed by atoms with Crippen LogP contribution in [0.15, 0.2) is 16.9 Å². The van der Waals surface area contributed by atoms with E-state index in [9.17, 15) is 0 Å². The smallest absolute Gasteiger partial charge is 0.225 e. The standard InChI is InChI=1S/C11H16BrN5/c1-11(9(13)14)2-4-17(5-3-11)10-15-6-8(12)7-16-10/h6-7H,2-5H2,1H3,(H3,13,14). The molecule has 2 heterocycles. The van der Waals surface area contributed by atoms with Crippen LogP contribution >= 0.6 is 15.9 Å². The van der Waals surface area contributed by atoms with E-state index in [-0.39, 0.29) is 11.3 Å². The first-order chi connectivity index (χ1) is 8.01. The third-order valence-corrected chi connectivity index (χ3v) is 3.82. The molecule has 1 aromatic rings. The molecule has 0 atom stereocenters. The van der Waals surface area contributed by atoms with Crippen LogP contribution in [0.3, 0.4) is 0 Å². The van der Waals surface area contributed by atoms with Gasteiger partial charge in [0.15, 0.2) is 0 Å². The van der Waals surface area contributed by atoms with Crippen molar-refractivity contribution in [2.45, 2.75) is 19.8 Å². The fourth-order valence-electron chi connectivity index (χ4n) is 1.94. The SMILES string of the molecule is CC1(C(=N)N)CCN(c2ncc(Br)cn2)CC1. The van der Waals surface area contributed by atoms with Crippen LogP contribution in [0.1, 0.15) is 19.8 Å². The molecule has 1 aliphatic rings. The average molecular weight is 298 g/mol. The lowest BCUT2D eigenvalue weighted by molar-refractivity contribution is 0.348. The van der Waals surface area contributed by atoms with E-state index in [2.05, 4.69) is 37.7 Å². The van der Waals surface area contributed by atoms with Gasteiger partial charge in [0.25, 0.3) is 0 Å². The Morgan fingerprint density at radius 2 is 1.94 bits per heavy atom. The van der Waals surface area contributed by atoms with E-state index >= 15 is 0 Å². The molecule has 0 spiro atoms. The maximum Gasteiger partial charge on any atom is 0.225 e. The molecule has 6 heteroatoms. The maximum atomic E-state index is 7.61. The van der Waals surface area contributed by atoms with Crippen LogP contribution < -0.4 is 10.6 Å². The number of halogens is 1. The van der Waals surface area contributed by atoms with Crippen molar-refractivity contribution in [3.63, 3.8) is 0 Å². The molecular weight excluding hydrogens is 282 g/mol. The van der Waals surface area contributed by atoms with Crippen LogP contribution in [0.5, 0.6) is 0 Å². The molecule has 0 unspecified atom stereocenters. The number of hydrogen-bond acceptors (Lipinski definition) is 4. The van der Waals surface area contributed by atoms with Gasteiger partial charge in [0.1, 0.15) is 0 Å². The maximum absolute atomic E-state index is 7.61. The predicted octanol–water partition coefficient (Wildman–Crippen LogP) is 1.78. The first-order valence-corrected chi connectivity index (χ1v) is 6.37. The zero-order chi connectivity index (χ0) is 12.5. The third kappa shape index (κ3) is 2.57. The normalized spacial score (nSPS) is 19.1. The molecule has 1 aliphatic heterocycles. The number of aromatic nitrogens is 2. The number of nitrogens with zero attached hydrogens (tertiary/aromatic N) is 3. The van der Waals surface area contributed by atoms with Crippen molar-refractivity contribution in [2.75, 3.05) is 18.0 Å². The zero-order valence-corrected chi connectivity index (χ0v) is 11.4. The van der Waals surface area contributed by atoms with Crippen molar-refractivity contribution < 1.29 is 0 Å². The first-order valence-electron chi connectivity index (χ1n) is 5.58. The summed E-state index contributed by atoms with van der Waals surface area (Å²) in [5.74, 6) is 1.03. The minimum atomic E-state index is -0.161. The molecule has 0 amide bonds. The van der Waals surface area contributed by atoms with Crippen LogP contribution in [0.2, 0.25) is 0 Å². The van der Waals surface area contributed by atoms with Crippen molar-refractivity contribution >= 4 is 27.7 Å². The number of piperidine rings is 1. The van der Waals surface area contributed by atoms with Gasteiger partial charge in [-0.1, -0.05) is 6.92 Å². The van der Waals surface area contributed by atoms with E-state index in [4.69, 9.17) is 11.1 Å². The van der Waals surface area contributed by atoms with Gasteiger partial charge < -0.3 is 10.6 Å². The second kappa shape index (κ2) is 4.60. The summed E-state index contributed by atoms with van der Waals surface area (Å²) in [4.78, 5) is 10.7. The summed E-state index contributed by atoms with van der Waals surface area (Å²) >= 11 is 3.32. The van der Waals surface area contributed by atoms with Gasteiger partial charge in [-0.3, -0.25) is 5.41 Å². The zero-order valence-electron chi connectivity index (χ0n) is 9.78. The van der Waals surface area contributed by atoms with Crippen molar-refractivity contribution in [1.29, 1.82) is 5.41 Å². The van der Waals surface area contributed by atoms with Gasteiger partial charge in [-0.2, -0.15) is 0 Å². The van der Waals surface area contributed by atoms with E-state index in [1.807, 2.05) is 0 Å². The molecule has 0 radical (unpaired) electrons. The van der Waals surface area contributed by atoms with Gasteiger partial charge in [-0.25, -0.2) is 9.97 Å². The lowest BCUT2D eigenvalue weighted by Crippen LogP contribution is -2.45. The number of amidine groups is 1. The monoisotopic (exact) mass is 297 g/mol. The van der Waals surface area contributed by atoms with E-state index in [0.717, 1.165) is 36.4 Å².